The van der Waals surface area contributed by atoms with Crippen molar-refractivity contribution in [1.29, 1.82) is 0 Å². The van der Waals surface area contributed by atoms with E-state index in [9.17, 15) is 13.2 Å². The van der Waals surface area contributed by atoms with Gasteiger partial charge in [0, 0.05) is 22.5 Å². The smallest absolute Gasteiger partial charge is 0.261 e. The van der Waals surface area contributed by atoms with Gasteiger partial charge in [0.05, 0.1) is 12.0 Å². The predicted molar refractivity (Wildman–Crippen MR) is 97.1 cm³/mol. The van der Waals surface area contributed by atoms with Crippen molar-refractivity contribution in [3.05, 3.63) is 53.6 Å². The van der Waals surface area contributed by atoms with E-state index in [0.717, 1.165) is 5.57 Å². The second-order valence-electron chi connectivity index (χ2n) is 5.87. The summed E-state index contributed by atoms with van der Waals surface area (Å²) in [6.45, 7) is 3.64. The number of allylic oxidation sites excluding steroid dienone is 1. The third kappa shape index (κ3) is 3.23. The average Bonchev–Trinajstić information content (AvgIpc) is 2.90. The topological polar surface area (TPSA) is 84.5 Å². The van der Waals surface area contributed by atoms with E-state index in [0.29, 0.717) is 28.3 Å². The Morgan fingerprint density at radius 2 is 1.76 bits per heavy atom. The van der Waals surface area contributed by atoms with Crippen LogP contribution in [0.3, 0.4) is 0 Å². The van der Waals surface area contributed by atoms with E-state index in [4.69, 9.17) is 4.74 Å². The zero-order valence-electron chi connectivity index (χ0n) is 14.1. The highest BCUT2D eigenvalue weighted by Gasteiger charge is 2.27. The molecule has 0 unspecified atom stereocenters. The molecule has 1 heterocycles. The van der Waals surface area contributed by atoms with Crippen LogP contribution >= 0.6 is 0 Å². The third-order valence-corrected chi connectivity index (χ3v) is 5.27. The molecule has 0 spiro atoms. The van der Waals surface area contributed by atoms with Crippen LogP contribution < -0.4 is 14.8 Å². The second kappa shape index (κ2) is 6.25. The normalized spacial score (nSPS) is 13.2. The minimum Gasteiger partial charge on any atom is -0.497 e. The van der Waals surface area contributed by atoms with Crippen LogP contribution in [0.1, 0.15) is 19.4 Å². The molecule has 6 nitrogen and oxygen atoms in total. The number of benzene rings is 2. The van der Waals surface area contributed by atoms with Gasteiger partial charge >= 0.3 is 0 Å². The van der Waals surface area contributed by atoms with Crippen molar-refractivity contribution in [2.75, 3.05) is 17.1 Å². The van der Waals surface area contributed by atoms with Gasteiger partial charge in [0.15, 0.2) is 0 Å². The number of carbonyl (C=O) groups is 1. The maximum absolute atomic E-state index is 12.7. The minimum atomic E-state index is -3.77. The largest absolute Gasteiger partial charge is 0.497 e. The van der Waals surface area contributed by atoms with Gasteiger partial charge in [-0.1, -0.05) is 5.57 Å². The lowest BCUT2D eigenvalue weighted by Gasteiger charge is -2.10. The number of anilines is 2. The first-order chi connectivity index (χ1) is 11.8. The molecule has 0 atom stereocenters. The quantitative estimate of drug-likeness (QED) is 0.822. The van der Waals surface area contributed by atoms with Crippen LogP contribution in [0.15, 0.2) is 52.9 Å². The standard InChI is InChI=1S/C18H18N2O4S/c1-11(2)17-15-10-14(8-9-16(15)19-18(17)21)25(22,23)20-12-4-6-13(24-3)7-5-12/h4-10,20H,1-3H3,(H,19,21). The summed E-state index contributed by atoms with van der Waals surface area (Å²) in [4.78, 5) is 12.1. The number of sulfonamides is 1. The van der Waals surface area contributed by atoms with Crippen LogP contribution in [0.2, 0.25) is 0 Å². The average molecular weight is 358 g/mol. The van der Waals surface area contributed by atoms with E-state index in [1.165, 1.54) is 12.1 Å². The van der Waals surface area contributed by atoms with Crippen molar-refractivity contribution < 1.29 is 17.9 Å². The maximum atomic E-state index is 12.7. The SMILES string of the molecule is COc1ccc(NS(=O)(=O)c2ccc3c(c2)C(=C(C)C)C(=O)N3)cc1. The van der Waals surface area contributed by atoms with Crippen molar-refractivity contribution in [3.63, 3.8) is 0 Å². The highest BCUT2D eigenvalue weighted by molar-refractivity contribution is 7.92. The first kappa shape index (κ1) is 17.0. The van der Waals surface area contributed by atoms with Gasteiger partial charge < -0.3 is 10.1 Å². The summed E-state index contributed by atoms with van der Waals surface area (Å²) in [5.41, 5.74) is 2.98. The number of hydrogen-bond donors (Lipinski definition) is 2. The summed E-state index contributed by atoms with van der Waals surface area (Å²) in [5, 5.41) is 2.74. The van der Waals surface area contributed by atoms with Gasteiger partial charge in [0.1, 0.15) is 5.75 Å². The van der Waals surface area contributed by atoms with E-state index < -0.39 is 10.0 Å². The van der Waals surface area contributed by atoms with E-state index in [1.54, 1.807) is 37.4 Å². The summed E-state index contributed by atoms with van der Waals surface area (Å²) >= 11 is 0. The maximum Gasteiger partial charge on any atom is 0.261 e. The lowest BCUT2D eigenvalue weighted by molar-refractivity contribution is -0.110. The Labute approximate surface area is 146 Å². The molecule has 0 aliphatic carbocycles. The molecule has 25 heavy (non-hydrogen) atoms. The first-order valence-electron chi connectivity index (χ1n) is 7.62. The number of amides is 1. The molecule has 0 saturated heterocycles. The third-order valence-electron chi connectivity index (χ3n) is 3.89. The Balaban J connectivity index is 1.96. The van der Waals surface area contributed by atoms with Crippen molar-refractivity contribution in [1.82, 2.24) is 0 Å². The fraction of sp³-hybridized carbons (Fsp3) is 0.167. The van der Waals surface area contributed by atoms with Gasteiger partial charge in [-0.2, -0.15) is 0 Å². The van der Waals surface area contributed by atoms with Crippen LogP contribution in [-0.2, 0) is 14.8 Å². The number of fused-ring (bicyclic) bond motifs is 1. The summed E-state index contributed by atoms with van der Waals surface area (Å²) < 4.78 is 32.9. The fourth-order valence-corrected chi connectivity index (χ4v) is 3.77. The van der Waals surface area contributed by atoms with Gasteiger partial charge in [-0.25, -0.2) is 8.42 Å². The lowest BCUT2D eigenvalue weighted by Crippen LogP contribution is -2.13. The van der Waals surface area contributed by atoms with Crippen LogP contribution in [0.5, 0.6) is 5.75 Å². The van der Waals surface area contributed by atoms with Crippen molar-refractivity contribution in [3.8, 4) is 5.75 Å². The van der Waals surface area contributed by atoms with E-state index >= 15 is 0 Å². The van der Waals surface area contributed by atoms with E-state index in [-0.39, 0.29) is 10.8 Å². The Bertz CT molecular complexity index is 973. The summed E-state index contributed by atoms with van der Waals surface area (Å²) in [6, 6.07) is 11.2. The molecule has 1 aliphatic rings. The molecule has 2 N–H and O–H groups in total. The van der Waals surface area contributed by atoms with Gasteiger partial charge in [0.25, 0.3) is 15.9 Å². The molecule has 1 aliphatic heterocycles. The molecule has 130 valence electrons. The van der Waals surface area contributed by atoms with Crippen LogP contribution in [0.25, 0.3) is 5.57 Å². The Morgan fingerprint density at radius 1 is 1.08 bits per heavy atom. The molecule has 0 aromatic heterocycles. The fourth-order valence-electron chi connectivity index (χ4n) is 2.68. The number of nitrogens with one attached hydrogen (secondary N) is 2. The number of hydrogen-bond acceptors (Lipinski definition) is 4. The summed E-state index contributed by atoms with van der Waals surface area (Å²) in [7, 11) is -2.23. The molecule has 0 radical (unpaired) electrons. The molecular formula is C18H18N2O4S. The number of methoxy groups -OCH3 is 1. The molecule has 2 aromatic rings. The first-order valence-corrected chi connectivity index (χ1v) is 9.10. The molecule has 0 fully saturated rings. The molecule has 2 aromatic carbocycles. The second-order valence-corrected chi connectivity index (χ2v) is 7.55. The Morgan fingerprint density at radius 3 is 2.36 bits per heavy atom. The molecule has 1 amide bonds. The summed E-state index contributed by atoms with van der Waals surface area (Å²) in [5.74, 6) is 0.422. The highest BCUT2D eigenvalue weighted by Crippen LogP contribution is 2.35. The van der Waals surface area contributed by atoms with Gasteiger partial charge in [-0.3, -0.25) is 9.52 Å². The lowest BCUT2D eigenvalue weighted by atomic mass is 10.0. The number of carbonyl (C=O) groups excluding carboxylic acids is 1. The van der Waals surface area contributed by atoms with E-state index in [2.05, 4.69) is 10.0 Å². The van der Waals surface area contributed by atoms with Crippen molar-refractivity contribution >= 4 is 32.9 Å². The molecule has 0 saturated carbocycles. The molecule has 7 heteroatoms. The predicted octanol–water partition coefficient (Wildman–Crippen LogP) is 3.24. The molecule has 3 rings (SSSR count). The van der Waals surface area contributed by atoms with Crippen molar-refractivity contribution in [2.45, 2.75) is 18.7 Å². The van der Waals surface area contributed by atoms with Crippen molar-refractivity contribution in [2.24, 2.45) is 0 Å². The zero-order chi connectivity index (χ0) is 18.2. The van der Waals surface area contributed by atoms with Gasteiger partial charge in [-0.15, -0.1) is 0 Å². The van der Waals surface area contributed by atoms with Crippen LogP contribution in [-0.4, -0.2) is 21.4 Å². The monoisotopic (exact) mass is 358 g/mol. The Hall–Kier alpha value is -2.80. The number of rotatable bonds is 4. The van der Waals surface area contributed by atoms with Gasteiger partial charge in [0.2, 0.25) is 0 Å². The zero-order valence-corrected chi connectivity index (χ0v) is 14.9. The number of ether oxygens (including phenoxy) is 1. The summed E-state index contributed by atoms with van der Waals surface area (Å²) in [6.07, 6.45) is 0. The highest BCUT2D eigenvalue weighted by atomic mass is 32.2. The molecule has 0 bridgehead atoms. The van der Waals surface area contributed by atoms with Crippen LogP contribution in [0, 0.1) is 0 Å². The van der Waals surface area contributed by atoms with Gasteiger partial charge in [-0.05, 0) is 56.3 Å². The Kier molecular flexibility index (Phi) is 4.26. The minimum absolute atomic E-state index is 0.0947. The molecular weight excluding hydrogens is 340 g/mol. The van der Waals surface area contributed by atoms with E-state index in [1.807, 2.05) is 13.8 Å². The van der Waals surface area contributed by atoms with Crippen LogP contribution in [0.4, 0.5) is 11.4 Å².